The van der Waals surface area contributed by atoms with Crippen molar-refractivity contribution in [2.24, 2.45) is 0 Å². The second-order valence-corrected chi connectivity index (χ2v) is 3.42. The van der Waals surface area contributed by atoms with Crippen LogP contribution >= 0.6 is 11.6 Å². The predicted molar refractivity (Wildman–Crippen MR) is 55.7 cm³/mol. The molecule has 0 spiro atoms. The zero-order chi connectivity index (χ0) is 10.0. The van der Waals surface area contributed by atoms with E-state index in [4.69, 9.17) is 17.3 Å². The molecule has 0 radical (unpaired) electrons. The third-order valence-electron chi connectivity index (χ3n) is 2.02. The average molecular weight is 200 g/mol. The third kappa shape index (κ3) is 2.04. The van der Waals surface area contributed by atoms with Crippen molar-refractivity contribution in [3.8, 4) is 0 Å². The van der Waals surface area contributed by atoms with Gasteiger partial charge in [0, 0.05) is 5.54 Å². The van der Waals surface area contributed by atoms with Crippen LogP contribution in [0.25, 0.3) is 0 Å². The van der Waals surface area contributed by atoms with Crippen LogP contribution in [-0.2, 0) is 6.54 Å². The van der Waals surface area contributed by atoms with Crippen LogP contribution < -0.4 is 5.73 Å². The predicted octanol–water partition coefficient (Wildman–Crippen LogP) is 2.22. The summed E-state index contributed by atoms with van der Waals surface area (Å²) in [7, 11) is 0. The van der Waals surface area contributed by atoms with Gasteiger partial charge >= 0.3 is 0 Å². The number of allylic oxidation sites excluding steroid dienone is 1. The number of hydrogen-bond acceptors (Lipinski definition) is 2. The van der Waals surface area contributed by atoms with E-state index >= 15 is 0 Å². The number of nitrogens with zero attached hydrogens (tertiary/aromatic N) is 2. The monoisotopic (exact) mass is 199 g/mol. The van der Waals surface area contributed by atoms with Crippen molar-refractivity contribution in [1.29, 1.82) is 0 Å². The van der Waals surface area contributed by atoms with E-state index in [0.717, 1.165) is 22.6 Å². The number of hydrogen-bond donors (Lipinski definition) is 1. The quantitative estimate of drug-likeness (QED) is 0.794. The first kappa shape index (κ1) is 10.1. The van der Waals surface area contributed by atoms with E-state index in [-0.39, 0.29) is 0 Å². The zero-order valence-corrected chi connectivity index (χ0v) is 8.89. The Morgan fingerprint density at radius 3 is 2.62 bits per heavy atom. The smallest absolute Gasteiger partial charge is 0.0826 e. The molecule has 0 fully saturated rings. The lowest BCUT2D eigenvalue weighted by molar-refractivity contribution is 0.651. The minimum atomic E-state index is 0.702. The maximum atomic E-state index is 5.78. The van der Waals surface area contributed by atoms with Gasteiger partial charge in [-0.25, -0.2) is 0 Å². The number of rotatable bonds is 2. The Morgan fingerprint density at radius 2 is 2.23 bits per heavy atom. The van der Waals surface area contributed by atoms with Gasteiger partial charge in [-0.2, -0.15) is 5.10 Å². The molecule has 1 rings (SSSR count). The third-order valence-corrected chi connectivity index (χ3v) is 2.40. The van der Waals surface area contributed by atoms with Gasteiger partial charge in [-0.15, -0.1) is 0 Å². The summed E-state index contributed by atoms with van der Waals surface area (Å²) in [6.45, 7) is 6.52. The van der Waals surface area contributed by atoms with Crippen LogP contribution in [0.5, 0.6) is 0 Å². The van der Waals surface area contributed by atoms with E-state index in [0.29, 0.717) is 6.54 Å². The summed E-state index contributed by atoms with van der Waals surface area (Å²) in [4.78, 5) is 0. The number of halogens is 1. The Kier molecular flexibility index (Phi) is 2.98. The summed E-state index contributed by atoms with van der Waals surface area (Å²) in [5.74, 6) is 0. The Balaban J connectivity index is 2.96. The maximum absolute atomic E-state index is 5.78. The summed E-state index contributed by atoms with van der Waals surface area (Å²) in [5.41, 5.74) is 11.0. The van der Waals surface area contributed by atoms with E-state index in [2.05, 4.69) is 5.10 Å². The molecule has 1 heterocycles. The number of aromatic nitrogens is 2. The molecule has 0 unspecified atom stereocenters. The molecule has 4 heteroatoms. The number of aryl methyl sites for hydroxylation is 1. The van der Waals surface area contributed by atoms with Crippen LogP contribution in [0.15, 0.2) is 11.1 Å². The van der Waals surface area contributed by atoms with Crippen molar-refractivity contribution in [3.05, 3.63) is 22.5 Å². The van der Waals surface area contributed by atoms with Gasteiger partial charge in [0.2, 0.25) is 0 Å². The minimum Gasteiger partial charge on any atom is -0.396 e. The first-order valence-corrected chi connectivity index (χ1v) is 4.55. The number of nitrogens with two attached hydrogens (primary N) is 1. The highest BCUT2D eigenvalue weighted by Gasteiger charge is 2.07. The van der Waals surface area contributed by atoms with E-state index in [1.807, 2.05) is 25.5 Å². The van der Waals surface area contributed by atoms with Crippen LogP contribution in [0.3, 0.4) is 0 Å². The van der Waals surface area contributed by atoms with Crippen molar-refractivity contribution in [2.45, 2.75) is 27.3 Å². The van der Waals surface area contributed by atoms with E-state index in [1.165, 1.54) is 0 Å². The molecule has 0 aliphatic carbocycles. The molecule has 0 amide bonds. The van der Waals surface area contributed by atoms with Gasteiger partial charge in [0.25, 0.3) is 0 Å². The van der Waals surface area contributed by atoms with Gasteiger partial charge < -0.3 is 5.73 Å². The lowest BCUT2D eigenvalue weighted by Gasteiger charge is -2.03. The standard InChI is InChI=1S/C9H14ClN3/c1-6(4-10)5-13-8(3)9(11)7(2)12-13/h4H,5,11H2,1-3H3. The van der Waals surface area contributed by atoms with Crippen molar-refractivity contribution < 1.29 is 0 Å². The first-order chi connectivity index (χ1) is 6.06. The molecule has 0 saturated carbocycles. The van der Waals surface area contributed by atoms with Gasteiger partial charge in [0.05, 0.1) is 23.6 Å². The topological polar surface area (TPSA) is 43.8 Å². The molecule has 1 aromatic heterocycles. The summed E-state index contributed by atoms with van der Waals surface area (Å²) in [6, 6.07) is 0. The van der Waals surface area contributed by atoms with Crippen LogP contribution in [0.1, 0.15) is 18.3 Å². The lowest BCUT2D eigenvalue weighted by Crippen LogP contribution is -2.03. The molecule has 3 nitrogen and oxygen atoms in total. The molecule has 0 atom stereocenters. The fraction of sp³-hybridized carbons (Fsp3) is 0.444. The van der Waals surface area contributed by atoms with Crippen molar-refractivity contribution in [1.82, 2.24) is 9.78 Å². The fourth-order valence-electron chi connectivity index (χ4n) is 1.14. The molecule has 0 aliphatic rings. The van der Waals surface area contributed by atoms with Gasteiger partial charge in [-0.1, -0.05) is 11.6 Å². The summed E-state index contributed by atoms with van der Waals surface area (Å²) in [6.07, 6.45) is 0. The first-order valence-electron chi connectivity index (χ1n) is 4.11. The fourth-order valence-corrected chi connectivity index (χ4v) is 1.20. The summed E-state index contributed by atoms with van der Waals surface area (Å²) >= 11 is 5.57. The molecular formula is C9H14ClN3. The Morgan fingerprint density at radius 1 is 1.62 bits per heavy atom. The minimum absolute atomic E-state index is 0.702. The molecule has 13 heavy (non-hydrogen) atoms. The Hall–Kier alpha value is -0.960. The highest BCUT2D eigenvalue weighted by Crippen LogP contribution is 2.15. The Bertz CT molecular complexity index is 339. The van der Waals surface area contributed by atoms with Crippen LogP contribution in [0.4, 0.5) is 5.69 Å². The van der Waals surface area contributed by atoms with Crippen LogP contribution in [-0.4, -0.2) is 9.78 Å². The maximum Gasteiger partial charge on any atom is 0.0826 e. The van der Waals surface area contributed by atoms with E-state index in [1.54, 1.807) is 5.54 Å². The molecule has 0 bridgehead atoms. The second kappa shape index (κ2) is 3.83. The second-order valence-electron chi connectivity index (χ2n) is 3.20. The normalized spacial score (nSPS) is 12.2. The van der Waals surface area contributed by atoms with Gasteiger partial charge in [-0.3, -0.25) is 4.68 Å². The highest BCUT2D eigenvalue weighted by molar-refractivity contribution is 6.25. The zero-order valence-electron chi connectivity index (χ0n) is 8.13. The molecule has 0 saturated heterocycles. The van der Waals surface area contributed by atoms with Gasteiger partial charge in [-0.05, 0) is 26.3 Å². The number of nitrogen functional groups attached to an aromatic ring is 1. The van der Waals surface area contributed by atoms with Crippen LogP contribution in [0.2, 0.25) is 0 Å². The molecule has 72 valence electrons. The van der Waals surface area contributed by atoms with E-state index in [9.17, 15) is 0 Å². The van der Waals surface area contributed by atoms with Gasteiger partial charge in [0.15, 0.2) is 0 Å². The SMILES string of the molecule is CC(=CCl)Cn1nc(C)c(N)c1C. The van der Waals surface area contributed by atoms with Crippen LogP contribution in [0, 0.1) is 13.8 Å². The van der Waals surface area contributed by atoms with Crippen molar-refractivity contribution in [2.75, 3.05) is 5.73 Å². The lowest BCUT2D eigenvalue weighted by atomic mass is 10.3. The van der Waals surface area contributed by atoms with Crippen molar-refractivity contribution in [3.63, 3.8) is 0 Å². The summed E-state index contributed by atoms with van der Waals surface area (Å²) < 4.78 is 1.86. The molecule has 0 aliphatic heterocycles. The summed E-state index contributed by atoms with van der Waals surface area (Å²) in [5, 5.41) is 4.29. The largest absolute Gasteiger partial charge is 0.396 e. The number of anilines is 1. The Labute approximate surface area is 83.2 Å². The molecule has 1 aromatic rings. The molecule has 0 aromatic carbocycles. The highest BCUT2D eigenvalue weighted by atomic mass is 35.5. The van der Waals surface area contributed by atoms with Crippen molar-refractivity contribution >= 4 is 17.3 Å². The average Bonchev–Trinajstić information content (AvgIpc) is 2.34. The van der Waals surface area contributed by atoms with Gasteiger partial charge in [0.1, 0.15) is 0 Å². The molecule has 2 N–H and O–H groups in total. The van der Waals surface area contributed by atoms with E-state index < -0.39 is 0 Å². The molecular weight excluding hydrogens is 186 g/mol.